The SMILES string of the molecule is CCC(CO)NC(C)c1cccc(F)c1F. The average molecular weight is 229 g/mol. The molecular formula is C12H17F2NO. The average Bonchev–Trinajstić information content (AvgIpc) is 2.29. The Morgan fingerprint density at radius 3 is 2.62 bits per heavy atom. The van der Waals surface area contributed by atoms with E-state index in [1.165, 1.54) is 6.07 Å². The predicted octanol–water partition coefficient (Wildman–Crippen LogP) is 2.39. The minimum atomic E-state index is -0.844. The van der Waals surface area contributed by atoms with E-state index in [1.807, 2.05) is 6.92 Å². The van der Waals surface area contributed by atoms with Gasteiger partial charge in [0.25, 0.3) is 0 Å². The first-order valence-corrected chi connectivity index (χ1v) is 5.41. The second kappa shape index (κ2) is 5.92. The van der Waals surface area contributed by atoms with Crippen LogP contribution in [0, 0.1) is 11.6 Å². The highest BCUT2D eigenvalue weighted by Gasteiger charge is 2.16. The standard InChI is InChI=1S/C12H17F2NO/c1-3-9(7-16)15-8(2)10-5-4-6-11(13)12(10)14/h4-6,8-9,15-16H,3,7H2,1-2H3. The van der Waals surface area contributed by atoms with E-state index in [0.29, 0.717) is 0 Å². The van der Waals surface area contributed by atoms with Crippen LogP contribution in [-0.2, 0) is 0 Å². The van der Waals surface area contributed by atoms with Crippen molar-refractivity contribution in [1.82, 2.24) is 5.32 Å². The zero-order valence-corrected chi connectivity index (χ0v) is 9.50. The number of hydrogen-bond donors (Lipinski definition) is 2. The quantitative estimate of drug-likeness (QED) is 0.812. The molecule has 2 unspecified atom stereocenters. The van der Waals surface area contributed by atoms with Gasteiger partial charge in [0.05, 0.1) is 6.61 Å². The molecule has 0 heterocycles. The second-order valence-corrected chi connectivity index (χ2v) is 3.82. The number of aliphatic hydroxyl groups excluding tert-OH is 1. The van der Waals surface area contributed by atoms with Crippen molar-refractivity contribution < 1.29 is 13.9 Å². The fourth-order valence-corrected chi connectivity index (χ4v) is 1.60. The van der Waals surface area contributed by atoms with Crippen LogP contribution in [0.15, 0.2) is 18.2 Å². The van der Waals surface area contributed by atoms with Crippen LogP contribution in [0.2, 0.25) is 0 Å². The minimum absolute atomic E-state index is 0.0161. The van der Waals surface area contributed by atoms with E-state index in [2.05, 4.69) is 5.32 Å². The maximum Gasteiger partial charge on any atom is 0.163 e. The summed E-state index contributed by atoms with van der Waals surface area (Å²) in [5.74, 6) is -1.67. The van der Waals surface area contributed by atoms with Crippen molar-refractivity contribution in [1.29, 1.82) is 0 Å². The van der Waals surface area contributed by atoms with Crippen LogP contribution in [0.3, 0.4) is 0 Å². The van der Waals surface area contributed by atoms with Crippen molar-refractivity contribution >= 4 is 0 Å². The topological polar surface area (TPSA) is 32.3 Å². The summed E-state index contributed by atoms with van der Waals surface area (Å²) in [6.07, 6.45) is 0.734. The minimum Gasteiger partial charge on any atom is -0.395 e. The van der Waals surface area contributed by atoms with Gasteiger partial charge in [0.1, 0.15) is 0 Å². The van der Waals surface area contributed by atoms with Gasteiger partial charge in [-0.25, -0.2) is 8.78 Å². The zero-order valence-electron chi connectivity index (χ0n) is 9.50. The molecular weight excluding hydrogens is 212 g/mol. The summed E-state index contributed by atoms with van der Waals surface area (Å²) in [5.41, 5.74) is 0.284. The lowest BCUT2D eigenvalue weighted by molar-refractivity contribution is 0.229. The Morgan fingerprint density at radius 1 is 1.38 bits per heavy atom. The van der Waals surface area contributed by atoms with Crippen LogP contribution in [0.25, 0.3) is 0 Å². The monoisotopic (exact) mass is 229 g/mol. The van der Waals surface area contributed by atoms with E-state index < -0.39 is 11.6 Å². The van der Waals surface area contributed by atoms with Crippen molar-refractivity contribution in [3.8, 4) is 0 Å². The molecule has 2 atom stereocenters. The lowest BCUT2D eigenvalue weighted by Gasteiger charge is -2.21. The number of aliphatic hydroxyl groups is 1. The highest BCUT2D eigenvalue weighted by atomic mass is 19.2. The third-order valence-electron chi connectivity index (χ3n) is 2.65. The van der Waals surface area contributed by atoms with Gasteiger partial charge in [-0.1, -0.05) is 19.1 Å². The smallest absolute Gasteiger partial charge is 0.163 e. The summed E-state index contributed by atoms with van der Waals surface area (Å²) < 4.78 is 26.4. The maximum absolute atomic E-state index is 13.4. The number of rotatable bonds is 5. The van der Waals surface area contributed by atoms with Crippen LogP contribution >= 0.6 is 0 Å². The molecule has 0 bridgehead atoms. The van der Waals surface area contributed by atoms with E-state index in [1.54, 1.807) is 13.0 Å². The van der Waals surface area contributed by atoms with Gasteiger partial charge in [-0.05, 0) is 19.4 Å². The molecule has 0 aromatic heterocycles. The van der Waals surface area contributed by atoms with Crippen LogP contribution < -0.4 is 5.32 Å². The number of hydrogen-bond acceptors (Lipinski definition) is 2. The Labute approximate surface area is 94.3 Å². The van der Waals surface area contributed by atoms with Gasteiger partial charge in [0.15, 0.2) is 11.6 Å². The normalized spacial score (nSPS) is 14.8. The van der Waals surface area contributed by atoms with E-state index in [0.717, 1.165) is 12.5 Å². The molecule has 0 aliphatic carbocycles. The van der Waals surface area contributed by atoms with Gasteiger partial charge in [-0.3, -0.25) is 0 Å². The molecule has 90 valence electrons. The summed E-state index contributed by atoms with van der Waals surface area (Å²) >= 11 is 0. The Balaban J connectivity index is 2.80. The molecule has 4 heteroatoms. The van der Waals surface area contributed by atoms with E-state index in [-0.39, 0.29) is 24.3 Å². The number of nitrogens with one attached hydrogen (secondary N) is 1. The molecule has 1 aromatic rings. The molecule has 0 fully saturated rings. The molecule has 1 aromatic carbocycles. The lowest BCUT2D eigenvalue weighted by Crippen LogP contribution is -2.34. The fourth-order valence-electron chi connectivity index (χ4n) is 1.60. The van der Waals surface area contributed by atoms with Gasteiger partial charge in [0, 0.05) is 17.6 Å². The molecule has 0 radical (unpaired) electrons. The molecule has 0 saturated carbocycles. The molecule has 0 aliphatic heterocycles. The highest BCUT2D eigenvalue weighted by molar-refractivity contribution is 5.22. The van der Waals surface area contributed by atoms with Gasteiger partial charge in [-0.15, -0.1) is 0 Å². The Kier molecular flexibility index (Phi) is 4.83. The molecule has 2 nitrogen and oxygen atoms in total. The van der Waals surface area contributed by atoms with Crippen LogP contribution in [-0.4, -0.2) is 17.8 Å². The zero-order chi connectivity index (χ0) is 12.1. The van der Waals surface area contributed by atoms with Crippen LogP contribution in [0.5, 0.6) is 0 Å². The predicted molar refractivity (Wildman–Crippen MR) is 59.1 cm³/mol. The molecule has 2 N–H and O–H groups in total. The third kappa shape index (κ3) is 3.00. The van der Waals surface area contributed by atoms with Crippen molar-refractivity contribution in [2.24, 2.45) is 0 Å². The van der Waals surface area contributed by atoms with Crippen LogP contribution in [0.4, 0.5) is 8.78 Å². The van der Waals surface area contributed by atoms with Gasteiger partial charge in [0.2, 0.25) is 0 Å². The third-order valence-corrected chi connectivity index (χ3v) is 2.65. The van der Waals surface area contributed by atoms with E-state index in [9.17, 15) is 8.78 Å². The summed E-state index contributed by atoms with van der Waals surface area (Å²) in [4.78, 5) is 0. The second-order valence-electron chi connectivity index (χ2n) is 3.82. The van der Waals surface area contributed by atoms with Crippen molar-refractivity contribution in [2.75, 3.05) is 6.61 Å². The summed E-state index contributed by atoms with van der Waals surface area (Å²) in [6.45, 7) is 3.65. The molecule has 0 aliphatic rings. The summed E-state index contributed by atoms with van der Waals surface area (Å²) in [5, 5.41) is 12.1. The fraction of sp³-hybridized carbons (Fsp3) is 0.500. The Morgan fingerprint density at radius 2 is 2.06 bits per heavy atom. The molecule has 16 heavy (non-hydrogen) atoms. The van der Waals surface area contributed by atoms with Gasteiger partial charge >= 0.3 is 0 Å². The molecule has 0 spiro atoms. The van der Waals surface area contributed by atoms with E-state index >= 15 is 0 Å². The molecule has 0 amide bonds. The summed E-state index contributed by atoms with van der Waals surface area (Å²) in [6, 6.07) is 3.69. The van der Waals surface area contributed by atoms with Crippen LogP contribution in [0.1, 0.15) is 31.9 Å². The van der Waals surface area contributed by atoms with Crippen molar-refractivity contribution in [3.63, 3.8) is 0 Å². The lowest BCUT2D eigenvalue weighted by atomic mass is 10.1. The molecule has 1 rings (SSSR count). The Bertz CT molecular complexity index is 340. The first kappa shape index (κ1) is 13.1. The maximum atomic E-state index is 13.4. The van der Waals surface area contributed by atoms with Crippen molar-refractivity contribution in [2.45, 2.75) is 32.4 Å². The first-order valence-electron chi connectivity index (χ1n) is 5.41. The van der Waals surface area contributed by atoms with Gasteiger partial charge < -0.3 is 10.4 Å². The van der Waals surface area contributed by atoms with Crippen molar-refractivity contribution in [3.05, 3.63) is 35.4 Å². The van der Waals surface area contributed by atoms with Gasteiger partial charge in [-0.2, -0.15) is 0 Å². The Hall–Kier alpha value is -1.00. The number of benzene rings is 1. The highest BCUT2D eigenvalue weighted by Crippen LogP contribution is 2.19. The summed E-state index contributed by atoms with van der Waals surface area (Å²) in [7, 11) is 0. The van der Waals surface area contributed by atoms with E-state index in [4.69, 9.17) is 5.11 Å². The largest absolute Gasteiger partial charge is 0.395 e. The number of halogens is 2. The molecule has 0 saturated heterocycles. The first-order chi connectivity index (χ1) is 7.60.